The van der Waals surface area contributed by atoms with Crippen LogP contribution < -0.4 is 5.32 Å². The van der Waals surface area contributed by atoms with Gasteiger partial charge in [-0.2, -0.15) is 0 Å². The zero-order valence-electron chi connectivity index (χ0n) is 22.8. The van der Waals surface area contributed by atoms with Crippen LogP contribution in [0.25, 0.3) is 5.70 Å². The third-order valence-corrected chi connectivity index (χ3v) is 5.52. The van der Waals surface area contributed by atoms with Crippen molar-refractivity contribution in [1.82, 2.24) is 10.2 Å². The predicted molar refractivity (Wildman–Crippen MR) is 137 cm³/mol. The van der Waals surface area contributed by atoms with Gasteiger partial charge in [-0.1, -0.05) is 32.9 Å². The maximum absolute atomic E-state index is 13.7. The number of carbonyl (C=O) groups is 3. The van der Waals surface area contributed by atoms with Crippen LogP contribution in [0.5, 0.6) is 0 Å². The second-order valence-electron chi connectivity index (χ2n) is 10.3. The first-order chi connectivity index (χ1) is 16.6. The molecule has 0 bridgehead atoms. The van der Waals surface area contributed by atoms with Crippen molar-refractivity contribution in [2.45, 2.75) is 60.4 Å². The molecule has 0 aliphatic heterocycles. The highest BCUT2D eigenvalue weighted by molar-refractivity contribution is 6.13. The van der Waals surface area contributed by atoms with Gasteiger partial charge in [0.05, 0.1) is 36.0 Å². The van der Waals surface area contributed by atoms with Crippen LogP contribution in [0, 0.1) is 21.4 Å². The molecule has 0 saturated carbocycles. The third-order valence-electron chi connectivity index (χ3n) is 5.52. The number of nitro groups is 1. The molecule has 0 spiro atoms. The number of nitrogens with zero attached hydrogens (tertiary/aromatic N) is 2. The Morgan fingerprint density at radius 2 is 1.58 bits per heavy atom. The number of benzene rings is 1. The topological polar surface area (TPSA) is 128 Å². The van der Waals surface area contributed by atoms with Crippen LogP contribution in [0.3, 0.4) is 0 Å². The summed E-state index contributed by atoms with van der Waals surface area (Å²) in [4.78, 5) is 52.9. The van der Waals surface area contributed by atoms with E-state index < -0.39 is 34.2 Å². The van der Waals surface area contributed by atoms with Crippen molar-refractivity contribution >= 4 is 29.2 Å². The van der Waals surface area contributed by atoms with Crippen LogP contribution in [0.1, 0.15) is 60.5 Å². The minimum Gasteiger partial charge on any atom is -0.468 e. The number of esters is 2. The molecule has 0 saturated heterocycles. The van der Waals surface area contributed by atoms with Gasteiger partial charge in [-0.15, -0.1) is 0 Å². The van der Waals surface area contributed by atoms with E-state index in [4.69, 9.17) is 9.47 Å². The van der Waals surface area contributed by atoms with Crippen molar-refractivity contribution in [3.63, 3.8) is 0 Å². The van der Waals surface area contributed by atoms with E-state index in [0.29, 0.717) is 19.5 Å². The Labute approximate surface area is 213 Å². The predicted octanol–water partition coefficient (Wildman–Crippen LogP) is 3.94. The van der Waals surface area contributed by atoms with Crippen LogP contribution in [0.4, 0.5) is 5.69 Å². The fraction of sp³-hybridized carbons (Fsp3) is 0.577. The van der Waals surface area contributed by atoms with Gasteiger partial charge < -0.3 is 19.7 Å². The fourth-order valence-corrected chi connectivity index (χ4v) is 4.57. The van der Waals surface area contributed by atoms with E-state index >= 15 is 0 Å². The number of ether oxygens (including phenoxy) is 2. The minimum absolute atomic E-state index is 0.0679. The van der Waals surface area contributed by atoms with E-state index in [0.717, 1.165) is 14.2 Å². The summed E-state index contributed by atoms with van der Waals surface area (Å²) < 4.78 is 9.95. The van der Waals surface area contributed by atoms with E-state index in [1.54, 1.807) is 24.8 Å². The molecule has 0 heterocycles. The molecule has 200 valence electrons. The summed E-state index contributed by atoms with van der Waals surface area (Å²) in [5.74, 6) is -4.44. The summed E-state index contributed by atoms with van der Waals surface area (Å²) in [6.07, 6.45) is 0.573. The summed E-state index contributed by atoms with van der Waals surface area (Å²) in [5.41, 5.74) is -1.34. The maximum Gasteiger partial charge on any atom is 0.337 e. The molecule has 1 aromatic carbocycles. The number of hydrogen-bond donors (Lipinski definition) is 1. The maximum atomic E-state index is 13.7. The first kappa shape index (κ1) is 30.6. The number of carbonyl (C=O) groups excluding carboxylic acids is 3. The van der Waals surface area contributed by atoms with Crippen molar-refractivity contribution in [3.8, 4) is 0 Å². The van der Waals surface area contributed by atoms with Crippen LogP contribution >= 0.6 is 0 Å². The quantitative estimate of drug-likeness (QED) is 0.157. The number of rotatable bonds is 11. The molecule has 10 heteroatoms. The Morgan fingerprint density at radius 3 is 2.03 bits per heavy atom. The van der Waals surface area contributed by atoms with Gasteiger partial charge in [-0.05, 0) is 45.6 Å². The lowest BCUT2D eigenvalue weighted by Crippen LogP contribution is -2.51. The summed E-state index contributed by atoms with van der Waals surface area (Å²) >= 11 is 0. The van der Waals surface area contributed by atoms with Gasteiger partial charge in [0, 0.05) is 24.7 Å². The molecule has 1 unspecified atom stereocenters. The third kappa shape index (κ3) is 7.79. The molecule has 0 radical (unpaired) electrons. The lowest BCUT2D eigenvalue weighted by atomic mass is 9.81. The van der Waals surface area contributed by atoms with E-state index in [-0.39, 0.29) is 27.9 Å². The first-order valence-electron chi connectivity index (χ1n) is 11.8. The number of nitrogens with one attached hydrogen (secondary N) is 1. The standard InChI is InChI=1S/C26H39N3O7/c1-10-28(11-2)21(17-14-12-13-15-18(17)29(33)34)19(23(31)35-8)20(24(32)36-9)22(30)27-26(6,7)16-25(3,4)5/h12-15,20H,10-11,16H2,1-9H3,(H,27,30)/b21-19-. The molecular weight excluding hydrogens is 466 g/mol. The second-order valence-corrected chi connectivity index (χ2v) is 10.3. The van der Waals surface area contributed by atoms with Crippen LogP contribution in [-0.2, 0) is 23.9 Å². The van der Waals surface area contributed by atoms with Crippen molar-refractivity contribution in [3.05, 3.63) is 45.5 Å². The lowest BCUT2D eigenvalue weighted by Gasteiger charge is -2.35. The van der Waals surface area contributed by atoms with Gasteiger partial charge >= 0.3 is 11.9 Å². The Hall–Kier alpha value is -3.43. The zero-order chi connectivity index (χ0) is 27.8. The van der Waals surface area contributed by atoms with Crippen molar-refractivity contribution in [2.24, 2.45) is 11.3 Å². The molecule has 0 fully saturated rings. The number of methoxy groups -OCH3 is 2. The highest BCUT2D eigenvalue weighted by Crippen LogP contribution is 2.35. The average molecular weight is 506 g/mol. The van der Waals surface area contributed by atoms with Gasteiger partial charge in [0.15, 0.2) is 5.92 Å². The molecule has 1 atom stereocenters. The molecular formula is C26H39N3O7. The molecule has 1 aromatic rings. The van der Waals surface area contributed by atoms with Crippen molar-refractivity contribution in [2.75, 3.05) is 27.3 Å². The fourth-order valence-electron chi connectivity index (χ4n) is 4.57. The molecule has 10 nitrogen and oxygen atoms in total. The Kier molecular flexibility index (Phi) is 10.6. The van der Waals surface area contributed by atoms with E-state index in [9.17, 15) is 24.5 Å². The second kappa shape index (κ2) is 12.5. The average Bonchev–Trinajstić information content (AvgIpc) is 2.78. The lowest BCUT2D eigenvalue weighted by molar-refractivity contribution is -0.385. The van der Waals surface area contributed by atoms with Crippen LogP contribution in [0.2, 0.25) is 0 Å². The van der Waals surface area contributed by atoms with Crippen LogP contribution in [-0.4, -0.2) is 60.5 Å². The normalized spacial score (nSPS) is 13.2. The molecule has 0 aromatic heterocycles. The number of hydrogen-bond acceptors (Lipinski definition) is 8. The summed E-state index contributed by atoms with van der Waals surface area (Å²) in [7, 11) is 2.23. The smallest absolute Gasteiger partial charge is 0.337 e. The van der Waals surface area contributed by atoms with Gasteiger partial charge in [0.25, 0.3) is 5.69 Å². The Balaban J connectivity index is 4.03. The van der Waals surface area contributed by atoms with Crippen molar-refractivity contribution in [1.29, 1.82) is 0 Å². The van der Waals surface area contributed by atoms with Crippen molar-refractivity contribution < 1.29 is 28.8 Å². The summed E-state index contributed by atoms with van der Waals surface area (Å²) in [6, 6.07) is 5.86. The monoisotopic (exact) mass is 505 g/mol. The Bertz CT molecular complexity index is 1010. The van der Waals surface area contributed by atoms with Gasteiger partial charge in [0.1, 0.15) is 0 Å². The largest absolute Gasteiger partial charge is 0.468 e. The van der Waals surface area contributed by atoms with Gasteiger partial charge in [-0.25, -0.2) is 4.79 Å². The highest BCUT2D eigenvalue weighted by atomic mass is 16.6. The van der Waals surface area contributed by atoms with E-state index in [2.05, 4.69) is 5.32 Å². The van der Waals surface area contributed by atoms with Gasteiger partial charge in [0.2, 0.25) is 5.91 Å². The SMILES string of the molecule is CCN(CC)/C(=C(\C(=O)OC)C(C(=O)NC(C)(C)CC(C)(C)C)C(=O)OC)c1ccccc1[N+](=O)[O-]. The number of para-hydroxylation sites is 1. The van der Waals surface area contributed by atoms with E-state index in [1.807, 2.05) is 34.6 Å². The first-order valence-corrected chi connectivity index (χ1v) is 11.8. The van der Waals surface area contributed by atoms with E-state index in [1.165, 1.54) is 18.2 Å². The Morgan fingerprint density at radius 1 is 1.03 bits per heavy atom. The highest BCUT2D eigenvalue weighted by Gasteiger charge is 2.42. The molecule has 0 aliphatic rings. The number of nitro benzene ring substituents is 1. The van der Waals surface area contributed by atoms with Gasteiger partial charge in [-0.3, -0.25) is 19.7 Å². The minimum atomic E-state index is -1.72. The molecule has 1 N–H and O–H groups in total. The van der Waals surface area contributed by atoms with Crippen LogP contribution in [0.15, 0.2) is 29.8 Å². The molecule has 0 aliphatic carbocycles. The summed E-state index contributed by atoms with van der Waals surface area (Å²) in [5, 5.41) is 14.8. The molecule has 1 amide bonds. The number of amides is 1. The zero-order valence-corrected chi connectivity index (χ0v) is 22.8. The molecule has 36 heavy (non-hydrogen) atoms. The summed E-state index contributed by atoms with van der Waals surface area (Å²) in [6.45, 7) is 14.0. The molecule has 1 rings (SSSR count).